The van der Waals surface area contributed by atoms with E-state index in [0.29, 0.717) is 6.54 Å². The van der Waals surface area contributed by atoms with E-state index in [1.807, 2.05) is 36.2 Å². The molecule has 0 saturated heterocycles. The van der Waals surface area contributed by atoms with E-state index in [1.165, 1.54) is 12.1 Å². The summed E-state index contributed by atoms with van der Waals surface area (Å²) in [7, 11) is 5.38. The summed E-state index contributed by atoms with van der Waals surface area (Å²) in [6, 6.07) is 14.4. The van der Waals surface area contributed by atoms with Crippen LogP contribution in [0.1, 0.15) is 11.1 Å². The first-order valence-corrected chi connectivity index (χ1v) is 7.41. The van der Waals surface area contributed by atoms with Crippen LogP contribution in [-0.4, -0.2) is 32.1 Å². The van der Waals surface area contributed by atoms with Crippen molar-refractivity contribution in [2.45, 2.75) is 13.1 Å². The van der Waals surface area contributed by atoms with Gasteiger partial charge in [-0.1, -0.05) is 24.3 Å². The highest BCUT2D eigenvalue weighted by Gasteiger charge is 2.07. The smallest absolute Gasteiger partial charge is 0.193 e. The zero-order valence-electron chi connectivity index (χ0n) is 14.1. The normalized spacial score (nSPS) is 10.8. The Labute approximate surface area is 159 Å². The molecule has 130 valence electrons. The fourth-order valence-corrected chi connectivity index (χ4v) is 2.25. The zero-order valence-corrected chi connectivity index (χ0v) is 16.5. The maximum atomic E-state index is 12.9. The van der Waals surface area contributed by atoms with E-state index < -0.39 is 0 Å². The molecular weight excluding hydrogens is 420 g/mol. The monoisotopic (exact) mass is 443 g/mol. The van der Waals surface area contributed by atoms with Crippen LogP contribution >= 0.6 is 24.0 Å². The fraction of sp³-hybridized carbons (Fsp3) is 0.278. The predicted octanol–water partition coefficient (Wildman–Crippen LogP) is 3.66. The van der Waals surface area contributed by atoms with Crippen molar-refractivity contribution in [3.05, 3.63) is 65.5 Å². The maximum absolute atomic E-state index is 12.9. The number of aliphatic imine (C=N–C) groups is 1. The van der Waals surface area contributed by atoms with Crippen molar-refractivity contribution in [1.29, 1.82) is 0 Å². The number of guanidine groups is 1. The van der Waals surface area contributed by atoms with Gasteiger partial charge >= 0.3 is 0 Å². The number of ether oxygens (including phenoxy) is 1. The second kappa shape index (κ2) is 10.1. The third kappa shape index (κ3) is 5.99. The van der Waals surface area contributed by atoms with E-state index >= 15 is 0 Å². The molecule has 0 aliphatic rings. The molecule has 0 atom stereocenters. The van der Waals surface area contributed by atoms with Crippen molar-refractivity contribution >= 4 is 29.9 Å². The molecule has 0 saturated carbocycles. The lowest BCUT2D eigenvalue weighted by molar-refractivity contribution is 0.414. The van der Waals surface area contributed by atoms with Gasteiger partial charge in [0, 0.05) is 27.2 Å². The summed E-state index contributed by atoms with van der Waals surface area (Å²) in [6.07, 6.45) is 0. The number of methoxy groups -OCH3 is 1. The lowest BCUT2D eigenvalue weighted by Crippen LogP contribution is -2.38. The minimum absolute atomic E-state index is 0. The predicted molar refractivity (Wildman–Crippen MR) is 106 cm³/mol. The quantitative estimate of drug-likeness (QED) is 0.436. The molecular formula is C18H23FIN3O. The highest BCUT2D eigenvalue weighted by Crippen LogP contribution is 2.12. The van der Waals surface area contributed by atoms with Gasteiger partial charge in [0.1, 0.15) is 11.6 Å². The first-order valence-electron chi connectivity index (χ1n) is 7.41. The molecule has 6 heteroatoms. The van der Waals surface area contributed by atoms with Gasteiger partial charge in [-0.3, -0.25) is 4.99 Å². The molecule has 4 nitrogen and oxygen atoms in total. The Hall–Kier alpha value is -1.83. The van der Waals surface area contributed by atoms with E-state index in [-0.39, 0.29) is 29.8 Å². The number of nitrogens with zero attached hydrogens (tertiary/aromatic N) is 2. The molecule has 0 amide bonds. The first kappa shape index (κ1) is 20.2. The average Bonchev–Trinajstić information content (AvgIpc) is 2.58. The van der Waals surface area contributed by atoms with Crippen molar-refractivity contribution in [2.24, 2.45) is 4.99 Å². The van der Waals surface area contributed by atoms with Crippen LogP contribution in [0.3, 0.4) is 0 Å². The van der Waals surface area contributed by atoms with Gasteiger partial charge in [-0.15, -0.1) is 24.0 Å². The van der Waals surface area contributed by atoms with Gasteiger partial charge in [-0.2, -0.15) is 0 Å². The highest BCUT2D eigenvalue weighted by atomic mass is 127. The number of benzene rings is 2. The molecule has 2 aromatic rings. The Bertz CT molecular complexity index is 644. The Kier molecular flexibility index (Phi) is 8.53. The third-order valence-electron chi connectivity index (χ3n) is 3.52. The van der Waals surface area contributed by atoms with Gasteiger partial charge in [0.2, 0.25) is 0 Å². The van der Waals surface area contributed by atoms with Crippen LogP contribution in [0.25, 0.3) is 0 Å². The number of halogens is 2. The number of rotatable bonds is 5. The van der Waals surface area contributed by atoms with Crippen molar-refractivity contribution in [1.82, 2.24) is 10.2 Å². The standard InChI is InChI=1S/C18H22FN3O.HI/c1-20-18(21-12-14-4-8-16(19)9-5-14)22(2)13-15-6-10-17(23-3)11-7-15;/h4-11H,12-13H2,1-3H3,(H,20,21);1H. The third-order valence-corrected chi connectivity index (χ3v) is 3.52. The van der Waals surface area contributed by atoms with Crippen LogP contribution in [0.2, 0.25) is 0 Å². The van der Waals surface area contributed by atoms with Crippen LogP contribution < -0.4 is 10.1 Å². The van der Waals surface area contributed by atoms with Crippen LogP contribution in [0.4, 0.5) is 4.39 Å². The average molecular weight is 443 g/mol. The Morgan fingerprint density at radius 1 is 1.08 bits per heavy atom. The molecule has 0 bridgehead atoms. The summed E-state index contributed by atoms with van der Waals surface area (Å²) in [5.74, 6) is 1.40. The molecule has 0 aliphatic heterocycles. The first-order chi connectivity index (χ1) is 11.1. The van der Waals surface area contributed by atoms with Gasteiger partial charge in [-0.05, 0) is 35.4 Å². The Morgan fingerprint density at radius 3 is 2.21 bits per heavy atom. The van der Waals surface area contributed by atoms with Crippen molar-refractivity contribution in [2.75, 3.05) is 21.2 Å². The maximum Gasteiger partial charge on any atom is 0.193 e. The molecule has 0 radical (unpaired) electrons. The highest BCUT2D eigenvalue weighted by molar-refractivity contribution is 14.0. The molecule has 0 fully saturated rings. The molecule has 0 heterocycles. The van der Waals surface area contributed by atoms with E-state index in [2.05, 4.69) is 10.3 Å². The molecule has 24 heavy (non-hydrogen) atoms. The van der Waals surface area contributed by atoms with E-state index in [4.69, 9.17) is 4.74 Å². The van der Waals surface area contributed by atoms with Crippen molar-refractivity contribution in [3.63, 3.8) is 0 Å². The summed E-state index contributed by atoms with van der Waals surface area (Å²) < 4.78 is 18.1. The Morgan fingerprint density at radius 2 is 1.67 bits per heavy atom. The van der Waals surface area contributed by atoms with Gasteiger partial charge in [0.15, 0.2) is 5.96 Å². The number of hydrogen-bond donors (Lipinski definition) is 1. The summed E-state index contributed by atoms with van der Waals surface area (Å²) in [5, 5.41) is 3.28. The number of nitrogens with one attached hydrogen (secondary N) is 1. The summed E-state index contributed by atoms with van der Waals surface area (Å²) in [5.41, 5.74) is 2.17. The van der Waals surface area contributed by atoms with Crippen LogP contribution in [0.5, 0.6) is 5.75 Å². The second-order valence-corrected chi connectivity index (χ2v) is 5.23. The topological polar surface area (TPSA) is 36.9 Å². The SMILES string of the molecule is CN=C(NCc1ccc(F)cc1)N(C)Cc1ccc(OC)cc1.I. The van der Waals surface area contributed by atoms with E-state index in [1.54, 1.807) is 26.3 Å². The lowest BCUT2D eigenvalue weighted by atomic mass is 10.2. The molecule has 2 aromatic carbocycles. The molecule has 2 rings (SSSR count). The molecule has 0 spiro atoms. The minimum Gasteiger partial charge on any atom is -0.497 e. The van der Waals surface area contributed by atoms with Crippen LogP contribution in [-0.2, 0) is 13.1 Å². The van der Waals surface area contributed by atoms with Crippen LogP contribution in [0.15, 0.2) is 53.5 Å². The minimum atomic E-state index is -0.227. The Balaban J connectivity index is 0.00000288. The van der Waals surface area contributed by atoms with Gasteiger partial charge in [0.25, 0.3) is 0 Å². The summed E-state index contributed by atoms with van der Waals surface area (Å²) in [6.45, 7) is 1.33. The zero-order chi connectivity index (χ0) is 16.7. The van der Waals surface area contributed by atoms with Gasteiger partial charge in [-0.25, -0.2) is 4.39 Å². The van der Waals surface area contributed by atoms with Crippen molar-refractivity contribution in [3.8, 4) is 5.75 Å². The van der Waals surface area contributed by atoms with Gasteiger partial charge < -0.3 is 15.0 Å². The lowest BCUT2D eigenvalue weighted by Gasteiger charge is -2.22. The summed E-state index contributed by atoms with van der Waals surface area (Å²) in [4.78, 5) is 6.32. The fourth-order valence-electron chi connectivity index (χ4n) is 2.25. The second-order valence-electron chi connectivity index (χ2n) is 5.23. The molecule has 0 aliphatic carbocycles. The summed E-state index contributed by atoms with van der Waals surface area (Å²) >= 11 is 0. The van der Waals surface area contributed by atoms with Crippen LogP contribution in [0, 0.1) is 5.82 Å². The van der Waals surface area contributed by atoms with E-state index in [0.717, 1.165) is 29.4 Å². The largest absolute Gasteiger partial charge is 0.497 e. The van der Waals surface area contributed by atoms with Gasteiger partial charge in [0.05, 0.1) is 7.11 Å². The molecule has 0 aromatic heterocycles. The van der Waals surface area contributed by atoms with E-state index in [9.17, 15) is 4.39 Å². The number of hydrogen-bond acceptors (Lipinski definition) is 2. The molecule has 0 unspecified atom stereocenters. The van der Waals surface area contributed by atoms with Crippen molar-refractivity contribution < 1.29 is 9.13 Å². The molecule has 1 N–H and O–H groups in total.